The van der Waals surface area contributed by atoms with Gasteiger partial charge in [0.05, 0.1) is 17.2 Å². The van der Waals surface area contributed by atoms with Gasteiger partial charge in [0, 0.05) is 13.0 Å². The van der Waals surface area contributed by atoms with Crippen LogP contribution in [0.15, 0.2) is 23.3 Å². The minimum absolute atomic E-state index is 0.174. The lowest BCUT2D eigenvalue weighted by Gasteiger charge is -1.96. The minimum Gasteiger partial charge on any atom is -0.427 e. The van der Waals surface area contributed by atoms with E-state index in [1.807, 2.05) is 0 Å². The first-order chi connectivity index (χ1) is 6.50. The van der Waals surface area contributed by atoms with Crippen molar-refractivity contribution in [2.45, 2.75) is 6.92 Å². The fourth-order valence-corrected chi connectivity index (χ4v) is 0.828. The summed E-state index contributed by atoms with van der Waals surface area (Å²) in [4.78, 5) is 23.7. The van der Waals surface area contributed by atoms with Crippen molar-refractivity contribution in [3.05, 3.63) is 33.9 Å². The average Bonchev–Trinajstić information content (AvgIpc) is 2.07. The maximum atomic E-state index is 10.6. The molecule has 0 radical (unpaired) electrons. The maximum absolute atomic E-state index is 10.6. The summed E-state index contributed by atoms with van der Waals surface area (Å²) in [7, 11) is 0. The monoisotopic (exact) mass is 197 g/mol. The Bertz CT molecular complexity index is 448. The predicted molar refractivity (Wildman–Crippen MR) is 44.5 cm³/mol. The van der Waals surface area contributed by atoms with Crippen molar-refractivity contribution in [3.63, 3.8) is 0 Å². The average molecular weight is 197 g/mol. The second kappa shape index (κ2) is 3.69. The molecular weight excluding hydrogens is 190 g/mol. The summed E-state index contributed by atoms with van der Waals surface area (Å²) >= 11 is 0. The molecule has 14 heavy (non-hydrogen) atoms. The maximum Gasteiger partial charge on any atom is 0.274 e. The highest BCUT2D eigenvalue weighted by atomic mass is 16.6. The Labute approximate surface area is 78.0 Å². The molecule has 0 spiro atoms. The van der Waals surface area contributed by atoms with E-state index in [1.165, 1.54) is 6.92 Å². The molecule has 74 valence electrons. The van der Waals surface area contributed by atoms with Crippen LogP contribution in [0.5, 0.6) is 0 Å². The van der Waals surface area contributed by atoms with Gasteiger partial charge in [-0.1, -0.05) is 0 Å². The molecule has 0 saturated heterocycles. The van der Waals surface area contributed by atoms with Crippen LogP contribution < -0.4 is 5.49 Å². The Kier molecular flexibility index (Phi) is 2.61. The lowest BCUT2D eigenvalue weighted by molar-refractivity contribution is -0.385. The Morgan fingerprint density at radius 2 is 2.36 bits per heavy atom. The second-order valence-corrected chi connectivity index (χ2v) is 2.48. The molecule has 0 fully saturated rings. The molecule has 7 nitrogen and oxygen atoms in total. The minimum atomic E-state index is -0.640. The number of rotatable bonds is 1. The van der Waals surface area contributed by atoms with Crippen LogP contribution in [0.3, 0.4) is 0 Å². The molecule has 1 N–H and O–H groups in total. The number of aromatic nitrogens is 1. The first-order valence-corrected chi connectivity index (χ1v) is 3.62. The summed E-state index contributed by atoms with van der Waals surface area (Å²) in [6.07, 6.45) is 1.04. The van der Waals surface area contributed by atoms with E-state index >= 15 is 0 Å². The standard InChI is InChI=1S/C7H7N3O4/c1-5(11)8-7-4-6(10(13)14)2-3-9(7)12/h2-4,12H,1H3. The third-order valence-electron chi connectivity index (χ3n) is 1.38. The SMILES string of the molecule is CC(=O)N=c1cc([N+](=O)[O-])ccn1O. The summed E-state index contributed by atoms with van der Waals surface area (Å²) in [6.45, 7) is 1.18. The van der Waals surface area contributed by atoms with Gasteiger partial charge < -0.3 is 5.21 Å². The lowest BCUT2D eigenvalue weighted by atomic mass is 10.4. The van der Waals surface area contributed by atoms with Crippen molar-refractivity contribution in [3.8, 4) is 0 Å². The van der Waals surface area contributed by atoms with E-state index in [0.717, 1.165) is 18.3 Å². The zero-order valence-corrected chi connectivity index (χ0v) is 7.25. The number of hydrogen-bond donors (Lipinski definition) is 1. The molecule has 0 aromatic carbocycles. The second-order valence-electron chi connectivity index (χ2n) is 2.48. The Balaban J connectivity index is 3.36. The zero-order valence-electron chi connectivity index (χ0n) is 7.25. The number of amides is 1. The number of nitro groups is 1. The van der Waals surface area contributed by atoms with Crippen LogP contribution in [-0.4, -0.2) is 20.8 Å². The molecule has 1 aromatic heterocycles. The van der Waals surface area contributed by atoms with E-state index in [0.29, 0.717) is 4.73 Å². The summed E-state index contributed by atoms with van der Waals surface area (Å²) in [5.41, 5.74) is -0.415. The van der Waals surface area contributed by atoms with Gasteiger partial charge >= 0.3 is 0 Å². The van der Waals surface area contributed by atoms with Gasteiger partial charge in [-0.25, -0.2) is 0 Å². The zero-order chi connectivity index (χ0) is 10.7. The van der Waals surface area contributed by atoms with Crippen LogP contribution in [0, 0.1) is 10.1 Å². The molecule has 0 saturated carbocycles. The normalized spacial score (nSPS) is 11.4. The third-order valence-corrected chi connectivity index (χ3v) is 1.38. The van der Waals surface area contributed by atoms with Crippen molar-refractivity contribution >= 4 is 11.6 Å². The van der Waals surface area contributed by atoms with Crippen molar-refractivity contribution in [1.82, 2.24) is 4.73 Å². The molecule has 0 aliphatic carbocycles. The van der Waals surface area contributed by atoms with Gasteiger partial charge in [0.2, 0.25) is 5.91 Å². The molecule has 0 aliphatic rings. The molecule has 0 atom stereocenters. The fraction of sp³-hybridized carbons (Fsp3) is 0.143. The van der Waals surface area contributed by atoms with E-state index in [2.05, 4.69) is 4.99 Å². The number of carbonyl (C=O) groups is 1. The van der Waals surface area contributed by atoms with Gasteiger partial charge in [-0.3, -0.25) is 14.9 Å². The molecule has 1 rings (SSSR count). The highest BCUT2D eigenvalue weighted by Gasteiger charge is 2.05. The van der Waals surface area contributed by atoms with E-state index in [-0.39, 0.29) is 11.2 Å². The Hall–Kier alpha value is -2.18. The van der Waals surface area contributed by atoms with Gasteiger partial charge in [0.25, 0.3) is 5.69 Å². The number of carbonyl (C=O) groups excluding carboxylic acids is 1. The summed E-state index contributed by atoms with van der Waals surface area (Å²) in [6, 6.07) is 2.10. The van der Waals surface area contributed by atoms with Gasteiger partial charge in [-0.05, 0) is 0 Å². The molecule has 7 heteroatoms. The van der Waals surface area contributed by atoms with E-state index < -0.39 is 10.8 Å². The van der Waals surface area contributed by atoms with Crippen LogP contribution in [-0.2, 0) is 4.79 Å². The molecule has 1 amide bonds. The van der Waals surface area contributed by atoms with Crippen LogP contribution in [0.4, 0.5) is 5.69 Å². The van der Waals surface area contributed by atoms with Crippen LogP contribution in [0.1, 0.15) is 6.92 Å². The number of pyridine rings is 1. The number of nitrogens with zero attached hydrogens (tertiary/aromatic N) is 3. The van der Waals surface area contributed by atoms with Crippen LogP contribution in [0.25, 0.3) is 0 Å². The third kappa shape index (κ3) is 2.16. The van der Waals surface area contributed by atoms with E-state index in [9.17, 15) is 14.9 Å². The van der Waals surface area contributed by atoms with Crippen molar-refractivity contribution in [1.29, 1.82) is 0 Å². The van der Waals surface area contributed by atoms with Gasteiger partial charge in [0.1, 0.15) is 0 Å². The van der Waals surface area contributed by atoms with Crippen molar-refractivity contribution < 1.29 is 14.9 Å². The first-order valence-electron chi connectivity index (χ1n) is 3.62. The topological polar surface area (TPSA) is 97.7 Å². The fourth-order valence-electron chi connectivity index (χ4n) is 0.828. The van der Waals surface area contributed by atoms with Gasteiger partial charge in [0.15, 0.2) is 5.49 Å². The lowest BCUT2D eigenvalue weighted by Crippen LogP contribution is -2.19. The van der Waals surface area contributed by atoms with Gasteiger partial charge in [-0.2, -0.15) is 9.72 Å². The Morgan fingerprint density at radius 1 is 1.71 bits per heavy atom. The van der Waals surface area contributed by atoms with Crippen molar-refractivity contribution in [2.24, 2.45) is 4.99 Å². The predicted octanol–water partition coefficient (Wildman–Crippen LogP) is 0.0808. The smallest absolute Gasteiger partial charge is 0.274 e. The van der Waals surface area contributed by atoms with Gasteiger partial charge in [-0.15, -0.1) is 0 Å². The summed E-state index contributed by atoms with van der Waals surface area (Å²) in [5.74, 6) is -0.548. The Morgan fingerprint density at radius 3 is 2.86 bits per heavy atom. The molecule has 0 aliphatic heterocycles. The largest absolute Gasteiger partial charge is 0.427 e. The highest BCUT2D eigenvalue weighted by molar-refractivity contribution is 5.73. The summed E-state index contributed by atoms with van der Waals surface area (Å²) < 4.78 is 0.536. The van der Waals surface area contributed by atoms with Crippen LogP contribution in [0.2, 0.25) is 0 Å². The highest BCUT2D eigenvalue weighted by Crippen LogP contribution is 2.04. The molecule has 0 bridgehead atoms. The first kappa shape index (κ1) is 9.90. The van der Waals surface area contributed by atoms with E-state index in [4.69, 9.17) is 5.21 Å². The van der Waals surface area contributed by atoms with Crippen molar-refractivity contribution in [2.75, 3.05) is 0 Å². The molecular formula is C7H7N3O4. The molecule has 0 unspecified atom stereocenters. The summed E-state index contributed by atoms with van der Waals surface area (Å²) in [5, 5.41) is 19.5. The van der Waals surface area contributed by atoms with Crippen LogP contribution >= 0.6 is 0 Å². The number of hydrogen-bond acceptors (Lipinski definition) is 4. The quantitative estimate of drug-likeness (QED) is 0.391. The van der Waals surface area contributed by atoms with E-state index in [1.54, 1.807) is 0 Å². The molecule has 1 aromatic rings. The molecule has 1 heterocycles.